The number of nitrogens with zero attached hydrogens (tertiary/aromatic N) is 2. The van der Waals surface area contributed by atoms with E-state index in [0.717, 1.165) is 5.56 Å². The van der Waals surface area contributed by atoms with E-state index >= 15 is 0 Å². The SMILES string of the molecule is CC(C)[C@@H]1NC(=O)CN(C)C(=O)[C@@H](Cc2ccccc2)NC(=O)[C@H]2CN(C(=O)[C@H](C)O)C[C@H](CNC1=O)O2. The quantitative estimate of drug-likeness (QED) is 0.365. The maximum absolute atomic E-state index is 13.4. The van der Waals surface area contributed by atoms with Crippen LogP contribution in [0.5, 0.6) is 0 Å². The first-order valence-corrected chi connectivity index (χ1v) is 12.7. The number of aliphatic hydroxyl groups is 1. The van der Waals surface area contributed by atoms with E-state index in [9.17, 15) is 29.1 Å². The van der Waals surface area contributed by atoms with Crippen molar-refractivity contribution in [2.24, 2.45) is 5.92 Å². The number of amides is 5. The zero-order valence-corrected chi connectivity index (χ0v) is 22.2. The van der Waals surface area contributed by atoms with Gasteiger partial charge in [-0.25, -0.2) is 0 Å². The van der Waals surface area contributed by atoms with Crippen LogP contribution in [0.2, 0.25) is 0 Å². The largest absolute Gasteiger partial charge is 0.384 e. The van der Waals surface area contributed by atoms with Gasteiger partial charge in [0.25, 0.3) is 11.8 Å². The second kappa shape index (κ2) is 12.8. The van der Waals surface area contributed by atoms with Crippen molar-refractivity contribution in [1.29, 1.82) is 0 Å². The zero-order valence-electron chi connectivity index (χ0n) is 22.2. The fourth-order valence-electron chi connectivity index (χ4n) is 4.49. The molecule has 0 spiro atoms. The fourth-order valence-corrected chi connectivity index (χ4v) is 4.49. The van der Waals surface area contributed by atoms with Crippen molar-refractivity contribution in [1.82, 2.24) is 25.8 Å². The van der Waals surface area contributed by atoms with E-state index in [1.807, 2.05) is 30.3 Å². The summed E-state index contributed by atoms with van der Waals surface area (Å²) < 4.78 is 5.95. The predicted molar refractivity (Wildman–Crippen MR) is 136 cm³/mol. The average Bonchev–Trinajstić information content (AvgIpc) is 2.88. The van der Waals surface area contributed by atoms with Crippen molar-refractivity contribution in [3.8, 4) is 0 Å². The number of aliphatic hydroxyl groups excluding tert-OH is 1. The molecule has 4 N–H and O–H groups in total. The maximum atomic E-state index is 13.4. The van der Waals surface area contributed by atoms with Gasteiger partial charge in [-0.1, -0.05) is 44.2 Å². The second-order valence-corrected chi connectivity index (χ2v) is 10.1. The molecule has 1 aromatic carbocycles. The molecular weight excluding hydrogens is 494 g/mol. The molecule has 2 heterocycles. The minimum Gasteiger partial charge on any atom is -0.384 e. The summed E-state index contributed by atoms with van der Waals surface area (Å²) in [4.78, 5) is 67.6. The highest BCUT2D eigenvalue weighted by molar-refractivity contribution is 5.93. The van der Waals surface area contributed by atoms with Crippen LogP contribution in [0, 0.1) is 5.92 Å². The first-order valence-electron chi connectivity index (χ1n) is 12.7. The highest BCUT2D eigenvalue weighted by atomic mass is 16.5. The lowest BCUT2D eigenvalue weighted by molar-refractivity contribution is -0.161. The van der Waals surface area contributed by atoms with Crippen molar-refractivity contribution < 1.29 is 33.8 Å². The number of carbonyl (C=O) groups is 5. The van der Waals surface area contributed by atoms with Gasteiger partial charge < -0.3 is 35.6 Å². The lowest BCUT2D eigenvalue weighted by atomic mass is 10.0. The minimum absolute atomic E-state index is 0.0302. The first kappa shape index (κ1) is 29.1. The normalized spacial score (nSPS) is 26.6. The predicted octanol–water partition coefficient (Wildman–Crippen LogP) is -1.58. The third kappa shape index (κ3) is 7.51. The number of ether oxygens (including phenoxy) is 1. The molecule has 2 saturated heterocycles. The van der Waals surface area contributed by atoms with Gasteiger partial charge in [-0.05, 0) is 18.4 Å². The molecule has 2 aliphatic heterocycles. The molecule has 1 aromatic rings. The number of likely N-dealkylation sites (N-methyl/N-ethyl adjacent to an activating group) is 1. The third-order valence-electron chi connectivity index (χ3n) is 6.55. The summed E-state index contributed by atoms with van der Waals surface area (Å²) in [7, 11) is 1.45. The van der Waals surface area contributed by atoms with Crippen molar-refractivity contribution in [2.75, 3.05) is 33.2 Å². The van der Waals surface area contributed by atoms with Gasteiger partial charge in [-0.15, -0.1) is 0 Å². The Morgan fingerprint density at radius 3 is 2.37 bits per heavy atom. The lowest BCUT2D eigenvalue weighted by Gasteiger charge is -2.38. The number of benzene rings is 1. The van der Waals surface area contributed by atoms with Crippen molar-refractivity contribution in [3.63, 3.8) is 0 Å². The van der Waals surface area contributed by atoms with Crippen LogP contribution in [0.3, 0.4) is 0 Å². The Balaban J connectivity index is 1.94. The third-order valence-corrected chi connectivity index (χ3v) is 6.55. The van der Waals surface area contributed by atoms with Crippen LogP contribution >= 0.6 is 0 Å². The number of morpholine rings is 1. The molecule has 5 atom stereocenters. The monoisotopic (exact) mass is 531 g/mol. The van der Waals surface area contributed by atoms with Crippen LogP contribution in [0.15, 0.2) is 30.3 Å². The van der Waals surface area contributed by atoms with E-state index in [1.165, 1.54) is 23.8 Å². The van der Waals surface area contributed by atoms with Crippen molar-refractivity contribution in [2.45, 2.75) is 57.6 Å². The van der Waals surface area contributed by atoms with Gasteiger partial charge in [-0.3, -0.25) is 24.0 Å². The van der Waals surface area contributed by atoms with Gasteiger partial charge in [-0.2, -0.15) is 0 Å². The molecule has 0 saturated carbocycles. The molecule has 208 valence electrons. The molecular formula is C26H37N5O7. The molecule has 0 unspecified atom stereocenters. The smallest absolute Gasteiger partial charge is 0.251 e. The van der Waals surface area contributed by atoms with Crippen molar-refractivity contribution in [3.05, 3.63) is 35.9 Å². The van der Waals surface area contributed by atoms with Crippen LogP contribution < -0.4 is 16.0 Å². The van der Waals surface area contributed by atoms with Crippen molar-refractivity contribution >= 4 is 29.5 Å². The summed E-state index contributed by atoms with van der Waals surface area (Å²) in [6.45, 7) is 4.47. The Bertz CT molecular complexity index is 1030. The molecule has 12 nitrogen and oxygen atoms in total. The summed E-state index contributed by atoms with van der Waals surface area (Å²) in [5.74, 6) is -2.92. The molecule has 0 aliphatic carbocycles. The molecule has 2 fully saturated rings. The number of fused-ring (bicyclic) bond motifs is 2. The van der Waals surface area contributed by atoms with E-state index < -0.39 is 59.9 Å². The van der Waals surface area contributed by atoms with Gasteiger partial charge in [0.2, 0.25) is 17.7 Å². The number of carbonyl (C=O) groups excluding carboxylic acids is 5. The van der Waals surface area contributed by atoms with Crippen LogP contribution in [-0.2, 0) is 35.1 Å². The molecule has 2 aliphatic rings. The Labute approximate surface area is 222 Å². The number of rotatable bonds is 4. The summed E-state index contributed by atoms with van der Waals surface area (Å²) in [6.07, 6.45) is -3.03. The maximum Gasteiger partial charge on any atom is 0.251 e. The Morgan fingerprint density at radius 2 is 1.74 bits per heavy atom. The van der Waals surface area contributed by atoms with E-state index in [4.69, 9.17) is 4.74 Å². The topological polar surface area (TPSA) is 157 Å². The molecule has 0 aromatic heterocycles. The highest BCUT2D eigenvalue weighted by Crippen LogP contribution is 2.15. The first-order chi connectivity index (χ1) is 18.0. The van der Waals surface area contributed by atoms with E-state index in [-0.39, 0.29) is 38.5 Å². The molecule has 3 rings (SSSR count). The van der Waals surface area contributed by atoms with E-state index in [2.05, 4.69) is 16.0 Å². The second-order valence-electron chi connectivity index (χ2n) is 10.1. The van der Waals surface area contributed by atoms with Gasteiger partial charge in [0.05, 0.1) is 19.2 Å². The Morgan fingerprint density at radius 1 is 1.05 bits per heavy atom. The molecule has 12 heteroatoms. The molecule has 2 bridgehead atoms. The summed E-state index contributed by atoms with van der Waals surface area (Å²) in [5.41, 5.74) is 0.796. The Hall–Kier alpha value is -3.51. The van der Waals surface area contributed by atoms with Crippen LogP contribution in [0.1, 0.15) is 26.3 Å². The minimum atomic E-state index is -1.29. The van der Waals surface area contributed by atoms with E-state index in [1.54, 1.807) is 13.8 Å². The van der Waals surface area contributed by atoms with Gasteiger partial charge in [0, 0.05) is 26.6 Å². The van der Waals surface area contributed by atoms with Gasteiger partial charge >= 0.3 is 0 Å². The molecule has 0 radical (unpaired) electrons. The number of nitrogens with one attached hydrogen (secondary N) is 3. The standard InChI is InChI=1S/C26H37N5O7/c1-15(2)22-24(35)27-11-18-12-31(25(36)16(3)32)13-20(38-18)23(34)28-19(10-17-8-6-5-7-9-17)26(37)30(4)14-21(33)29-22/h5-9,15-16,18-20,22,32H,10-14H2,1-4H3,(H,27,35)(H,28,34)(H,29,33)/t16-,18-,19+,20+,22-/m0/s1. The summed E-state index contributed by atoms with van der Waals surface area (Å²) in [5, 5.41) is 18.0. The summed E-state index contributed by atoms with van der Waals surface area (Å²) in [6, 6.07) is 7.22. The molecule has 5 amide bonds. The van der Waals surface area contributed by atoms with Crippen LogP contribution in [0.25, 0.3) is 0 Å². The fraction of sp³-hybridized carbons (Fsp3) is 0.577. The van der Waals surface area contributed by atoms with Crippen LogP contribution in [0.4, 0.5) is 0 Å². The average molecular weight is 532 g/mol. The van der Waals surface area contributed by atoms with Crippen LogP contribution in [-0.4, -0.2) is 108 Å². The highest BCUT2D eigenvalue weighted by Gasteiger charge is 2.38. The number of hydrogen-bond acceptors (Lipinski definition) is 7. The Kier molecular flexibility index (Phi) is 9.81. The van der Waals surface area contributed by atoms with Gasteiger partial charge in [0.1, 0.15) is 18.2 Å². The number of hydrogen-bond donors (Lipinski definition) is 4. The summed E-state index contributed by atoms with van der Waals surface area (Å²) >= 11 is 0. The molecule has 38 heavy (non-hydrogen) atoms. The van der Waals surface area contributed by atoms with E-state index in [0.29, 0.717) is 0 Å². The van der Waals surface area contributed by atoms with Gasteiger partial charge in [0.15, 0.2) is 6.10 Å². The zero-order chi connectivity index (χ0) is 28.0. The lowest BCUT2D eigenvalue weighted by Crippen LogP contribution is -2.60.